The zero-order valence-corrected chi connectivity index (χ0v) is 16.9. The summed E-state index contributed by atoms with van der Waals surface area (Å²) in [4.78, 5) is 14.5. The normalized spacial score (nSPS) is 17.9. The van der Waals surface area contributed by atoms with Gasteiger partial charge in [-0.1, -0.05) is 44.2 Å². The molecule has 1 aromatic carbocycles. The van der Waals surface area contributed by atoms with Crippen LogP contribution in [0.15, 0.2) is 18.2 Å². The molecule has 0 spiro atoms. The average Bonchev–Trinajstić information content (AvgIpc) is 2.62. The van der Waals surface area contributed by atoms with Crippen LogP contribution in [0.3, 0.4) is 0 Å². The Morgan fingerprint density at radius 2 is 2.08 bits per heavy atom. The lowest BCUT2D eigenvalue weighted by molar-refractivity contribution is -0.134. The zero-order valence-electron chi connectivity index (χ0n) is 16.1. The van der Waals surface area contributed by atoms with Crippen LogP contribution in [0.4, 0.5) is 0 Å². The molecule has 5 heteroatoms. The van der Waals surface area contributed by atoms with E-state index in [1.165, 1.54) is 19.3 Å². The summed E-state index contributed by atoms with van der Waals surface area (Å²) in [6.07, 6.45) is 9.41. The first kappa shape index (κ1) is 21.0. The summed E-state index contributed by atoms with van der Waals surface area (Å²) >= 11 is 6.07. The molecule has 4 nitrogen and oxygen atoms in total. The summed E-state index contributed by atoms with van der Waals surface area (Å²) in [6, 6.07) is 5.78. The largest absolute Gasteiger partial charge is 0.490 e. The number of piperidine rings is 1. The van der Waals surface area contributed by atoms with Crippen LogP contribution in [0.25, 0.3) is 0 Å². The molecule has 0 N–H and O–H groups in total. The maximum atomic E-state index is 12.1. The van der Waals surface area contributed by atoms with Crippen molar-refractivity contribution in [3.63, 3.8) is 0 Å². The number of likely N-dealkylation sites (tertiary alicyclic amines) is 1. The molecule has 2 rings (SSSR count). The molecule has 26 heavy (non-hydrogen) atoms. The number of rotatable bonds is 10. The first-order valence-electron chi connectivity index (χ1n) is 9.93. The molecule has 1 unspecified atom stereocenters. The van der Waals surface area contributed by atoms with E-state index < -0.39 is 0 Å². The van der Waals surface area contributed by atoms with E-state index in [0.29, 0.717) is 35.6 Å². The van der Waals surface area contributed by atoms with Gasteiger partial charge in [-0.25, -0.2) is 0 Å². The van der Waals surface area contributed by atoms with Gasteiger partial charge < -0.3 is 14.4 Å². The number of benzene rings is 1. The monoisotopic (exact) mass is 381 g/mol. The predicted molar refractivity (Wildman–Crippen MR) is 106 cm³/mol. The maximum Gasteiger partial charge on any atom is 0.311 e. The Labute approximate surface area is 162 Å². The van der Waals surface area contributed by atoms with Crippen molar-refractivity contribution in [2.75, 3.05) is 20.2 Å². The van der Waals surface area contributed by atoms with Crippen LogP contribution in [-0.4, -0.2) is 37.1 Å². The van der Waals surface area contributed by atoms with Crippen LogP contribution in [0, 0.1) is 0 Å². The Morgan fingerprint density at radius 1 is 1.23 bits per heavy atom. The number of carbonyl (C=O) groups is 1. The van der Waals surface area contributed by atoms with Gasteiger partial charge >= 0.3 is 5.97 Å². The van der Waals surface area contributed by atoms with E-state index in [2.05, 4.69) is 18.9 Å². The van der Waals surface area contributed by atoms with Crippen LogP contribution in [-0.2, 0) is 4.79 Å². The summed E-state index contributed by atoms with van der Waals surface area (Å²) < 4.78 is 11.4. The quantitative estimate of drug-likeness (QED) is 0.306. The number of hydrogen-bond donors (Lipinski definition) is 0. The van der Waals surface area contributed by atoms with E-state index in [9.17, 15) is 4.79 Å². The van der Waals surface area contributed by atoms with E-state index in [1.807, 2.05) is 0 Å². The van der Waals surface area contributed by atoms with Crippen molar-refractivity contribution in [1.29, 1.82) is 0 Å². The van der Waals surface area contributed by atoms with Gasteiger partial charge in [0.2, 0.25) is 0 Å². The molecule has 1 aliphatic heterocycles. The van der Waals surface area contributed by atoms with Crippen molar-refractivity contribution < 1.29 is 14.3 Å². The van der Waals surface area contributed by atoms with Gasteiger partial charge in [-0.15, -0.1) is 0 Å². The van der Waals surface area contributed by atoms with Gasteiger partial charge in [0.15, 0.2) is 11.5 Å². The summed E-state index contributed by atoms with van der Waals surface area (Å²) in [5.74, 6) is 0.796. The van der Waals surface area contributed by atoms with Crippen molar-refractivity contribution >= 4 is 17.6 Å². The molecule has 1 heterocycles. The van der Waals surface area contributed by atoms with Crippen molar-refractivity contribution in [3.8, 4) is 11.5 Å². The molecule has 0 radical (unpaired) electrons. The van der Waals surface area contributed by atoms with Gasteiger partial charge in [0.05, 0.1) is 6.61 Å². The molecular formula is C21H32ClNO3. The van der Waals surface area contributed by atoms with Crippen LogP contribution in [0.2, 0.25) is 5.02 Å². The number of carbonyl (C=O) groups excluding carboxylic acids is 1. The van der Waals surface area contributed by atoms with E-state index >= 15 is 0 Å². The van der Waals surface area contributed by atoms with E-state index in [-0.39, 0.29) is 5.97 Å². The number of esters is 1. The molecule has 0 bridgehead atoms. The van der Waals surface area contributed by atoms with E-state index in [0.717, 1.165) is 38.6 Å². The Morgan fingerprint density at radius 3 is 2.85 bits per heavy atom. The van der Waals surface area contributed by atoms with Gasteiger partial charge in [0.25, 0.3) is 0 Å². The molecule has 146 valence electrons. The molecule has 1 aliphatic rings. The molecule has 0 saturated carbocycles. The highest BCUT2D eigenvalue weighted by Crippen LogP contribution is 2.31. The van der Waals surface area contributed by atoms with Crippen molar-refractivity contribution in [1.82, 2.24) is 4.90 Å². The minimum Gasteiger partial charge on any atom is -0.490 e. The topological polar surface area (TPSA) is 38.8 Å². The third-order valence-corrected chi connectivity index (χ3v) is 5.23. The Hall–Kier alpha value is -1.26. The van der Waals surface area contributed by atoms with Crippen LogP contribution in [0.5, 0.6) is 11.5 Å². The average molecular weight is 382 g/mol. The first-order valence-corrected chi connectivity index (χ1v) is 10.3. The van der Waals surface area contributed by atoms with Crippen LogP contribution >= 0.6 is 11.6 Å². The van der Waals surface area contributed by atoms with Crippen molar-refractivity contribution in [3.05, 3.63) is 23.2 Å². The summed E-state index contributed by atoms with van der Waals surface area (Å²) in [6.45, 7) is 3.92. The molecule has 1 aromatic rings. The van der Waals surface area contributed by atoms with Gasteiger partial charge in [-0.05, 0) is 51.4 Å². The number of halogens is 1. The Balaban J connectivity index is 1.84. The molecule has 1 atom stereocenters. The van der Waals surface area contributed by atoms with Crippen molar-refractivity contribution in [2.45, 2.75) is 70.8 Å². The second kappa shape index (κ2) is 11.5. The smallest absolute Gasteiger partial charge is 0.311 e. The van der Waals surface area contributed by atoms with Gasteiger partial charge in [0.1, 0.15) is 0 Å². The maximum absolute atomic E-state index is 12.1. The number of hydrogen-bond acceptors (Lipinski definition) is 4. The summed E-state index contributed by atoms with van der Waals surface area (Å²) in [5, 5.41) is 0.540. The molecule has 0 aliphatic carbocycles. The number of unbranched alkanes of at least 4 members (excludes halogenated alkanes) is 3. The second-order valence-electron chi connectivity index (χ2n) is 7.14. The minimum absolute atomic E-state index is 0.222. The zero-order chi connectivity index (χ0) is 18.8. The highest BCUT2D eigenvalue weighted by molar-refractivity contribution is 6.30. The fourth-order valence-corrected chi connectivity index (χ4v) is 3.53. The van der Waals surface area contributed by atoms with E-state index in [4.69, 9.17) is 21.1 Å². The summed E-state index contributed by atoms with van der Waals surface area (Å²) in [5.41, 5.74) is 0. The molecule has 1 fully saturated rings. The lowest BCUT2D eigenvalue weighted by atomic mass is 10.0. The van der Waals surface area contributed by atoms with Gasteiger partial charge in [0, 0.05) is 23.6 Å². The fourth-order valence-electron chi connectivity index (χ4n) is 3.36. The fraction of sp³-hybridized carbons (Fsp3) is 0.667. The standard InChI is InChI=1S/C21H32ClNO3/c1-3-4-5-6-10-21(24)26-20-16-17(22)11-12-19(20)25-15-13-18-9-7-8-14-23(18)2/h11-12,16,18H,3-10,13-15H2,1-2H3. The molecular weight excluding hydrogens is 350 g/mol. The van der Waals surface area contributed by atoms with Crippen LogP contribution in [0.1, 0.15) is 64.7 Å². The molecule has 0 amide bonds. The lowest BCUT2D eigenvalue weighted by Gasteiger charge is -2.32. The highest BCUT2D eigenvalue weighted by atomic mass is 35.5. The minimum atomic E-state index is -0.222. The Bertz CT molecular complexity index is 564. The third kappa shape index (κ3) is 7.16. The highest BCUT2D eigenvalue weighted by Gasteiger charge is 2.19. The predicted octanol–water partition coefficient (Wildman–Crippen LogP) is 5.47. The Kier molecular flexibility index (Phi) is 9.27. The van der Waals surface area contributed by atoms with Crippen LogP contribution < -0.4 is 9.47 Å². The van der Waals surface area contributed by atoms with Gasteiger partial charge in [-0.3, -0.25) is 4.79 Å². The third-order valence-electron chi connectivity index (χ3n) is 4.99. The lowest BCUT2D eigenvalue weighted by Crippen LogP contribution is -2.37. The molecule has 1 saturated heterocycles. The second-order valence-corrected chi connectivity index (χ2v) is 7.58. The van der Waals surface area contributed by atoms with E-state index in [1.54, 1.807) is 18.2 Å². The summed E-state index contributed by atoms with van der Waals surface area (Å²) in [7, 11) is 2.18. The van der Waals surface area contributed by atoms with Gasteiger partial charge in [-0.2, -0.15) is 0 Å². The number of ether oxygens (including phenoxy) is 2. The number of nitrogens with zero attached hydrogens (tertiary/aromatic N) is 1. The first-order chi connectivity index (χ1) is 12.6. The SMILES string of the molecule is CCCCCCC(=O)Oc1cc(Cl)ccc1OCCC1CCCCN1C. The molecule has 0 aromatic heterocycles. The van der Waals surface area contributed by atoms with Crippen molar-refractivity contribution in [2.24, 2.45) is 0 Å².